The highest BCUT2D eigenvalue weighted by atomic mass is 16.5. The van der Waals surface area contributed by atoms with Gasteiger partial charge in [0.05, 0.1) is 14.2 Å². The van der Waals surface area contributed by atoms with E-state index in [1.54, 1.807) is 38.5 Å². The van der Waals surface area contributed by atoms with Crippen molar-refractivity contribution < 1.29 is 18.7 Å². The van der Waals surface area contributed by atoms with Gasteiger partial charge in [-0.1, -0.05) is 13.8 Å². The number of nitriles is 1. The van der Waals surface area contributed by atoms with Crippen LogP contribution in [0.5, 0.6) is 11.5 Å². The molecule has 0 atom stereocenters. The summed E-state index contributed by atoms with van der Waals surface area (Å²) in [6, 6.07) is 7.17. The number of benzene rings is 1. The van der Waals surface area contributed by atoms with Gasteiger partial charge in [-0.25, -0.2) is 4.98 Å². The number of rotatable bonds is 7. The van der Waals surface area contributed by atoms with E-state index in [9.17, 15) is 4.79 Å². The van der Waals surface area contributed by atoms with E-state index in [2.05, 4.69) is 15.8 Å². The van der Waals surface area contributed by atoms with Gasteiger partial charge in [0, 0.05) is 18.1 Å². The Morgan fingerprint density at radius 2 is 1.92 bits per heavy atom. The van der Waals surface area contributed by atoms with Crippen LogP contribution >= 0.6 is 0 Å². The molecule has 26 heavy (non-hydrogen) atoms. The Balaban J connectivity index is 2.03. The summed E-state index contributed by atoms with van der Waals surface area (Å²) in [7, 11) is 3.10. The molecule has 136 valence electrons. The van der Waals surface area contributed by atoms with Crippen molar-refractivity contribution in [3.8, 4) is 17.6 Å². The Bertz CT molecular complexity index is 827. The number of amides is 1. The molecule has 2 rings (SSSR count). The average molecular weight is 356 g/mol. The number of hydrogen-bond acceptors (Lipinski definition) is 7. The van der Waals surface area contributed by atoms with Gasteiger partial charge in [-0.15, -0.1) is 0 Å². The van der Waals surface area contributed by atoms with E-state index in [-0.39, 0.29) is 17.5 Å². The second kappa shape index (κ2) is 8.58. The molecule has 0 saturated heterocycles. The summed E-state index contributed by atoms with van der Waals surface area (Å²) in [5, 5.41) is 9.07. The molecule has 0 fully saturated rings. The second-order valence-electron chi connectivity index (χ2n) is 5.59. The van der Waals surface area contributed by atoms with Gasteiger partial charge in [0.2, 0.25) is 11.6 Å². The molecule has 1 heterocycles. The number of hydrogen-bond donors (Lipinski definition) is 2. The van der Waals surface area contributed by atoms with Gasteiger partial charge >= 0.3 is 0 Å². The molecule has 0 unspecified atom stereocenters. The first-order chi connectivity index (χ1) is 12.5. The van der Waals surface area contributed by atoms with Gasteiger partial charge in [0.25, 0.3) is 11.8 Å². The third kappa shape index (κ3) is 4.77. The van der Waals surface area contributed by atoms with Crippen molar-refractivity contribution in [2.24, 2.45) is 0 Å². The first kappa shape index (κ1) is 18.9. The Morgan fingerprint density at radius 3 is 2.46 bits per heavy atom. The maximum absolute atomic E-state index is 12.0. The smallest absolute Gasteiger partial charge is 0.262 e. The zero-order valence-electron chi connectivity index (χ0n) is 15.0. The molecule has 0 saturated carbocycles. The molecule has 2 aromatic rings. The van der Waals surface area contributed by atoms with E-state index in [1.807, 2.05) is 19.9 Å². The topological polar surface area (TPSA) is 109 Å². The van der Waals surface area contributed by atoms with Crippen molar-refractivity contribution >= 4 is 17.9 Å². The number of carbonyl (C=O) groups excluding carboxylic acids is 1. The molecule has 1 amide bonds. The molecule has 8 nitrogen and oxygen atoms in total. The van der Waals surface area contributed by atoms with Crippen LogP contribution in [0.15, 0.2) is 28.7 Å². The SMILES string of the molecule is COc1cc(/C=C\C(=O)NNc2oc(C(C)C)nc2C#N)cc(OC)c1. The summed E-state index contributed by atoms with van der Waals surface area (Å²) in [6.07, 6.45) is 2.93. The predicted octanol–water partition coefficient (Wildman–Crippen LogP) is 2.84. The Kier molecular flexibility index (Phi) is 6.22. The average Bonchev–Trinajstić information content (AvgIpc) is 3.08. The Morgan fingerprint density at radius 1 is 1.27 bits per heavy atom. The minimum atomic E-state index is -0.432. The van der Waals surface area contributed by atoms with Gasteiger partial charge in [-0.3, -0.25) is 15.6 Å². The normalized spacial score (nSPS) is 10.6. The first-order valence-corrected chi connectivity index (χ1v) is 7.84. The van der Waals surface area contributed by atoms with Crippen LogP contribution in [0, 0.1) is 11.3 Å². The van der Waals surface area contributed by atoms with E-state index in [1.165, 1.54) is 6.08 Å². The van der Waals surface area contributed by atoms with Crippen LogP contribution in [-0.2, 0) is 4.79 Å². The molecule has 1 aromatic carbocycles. The summed E-state index contributed by atoms with van der Waals surface area (Å²) in [5.74, 6) is 1.33. The second-order valence-corrected chi connectivity index (χ2v) is 5.59. The molecule has 0 radical (unpaired) electrons. The highest BCUT2D eigenvalue weighted by Crippen LogP contribution is 2.23. The lowest BCUT2D eigenvalue weighted by atomic mass is 10.2. The van der Waals surface area contributed by atoms with E-state index in [4.69, 9.17) is 19.2 Å². The largest absolute Gasteiger partial charge is 0.497 e. The van der Waals surface area contributed by atoms with Crippen molar-refractivity contribution in [1.29, 1.82) is 5.26 Å². The lowest BCUT2D eigenvalue weighted by Crippen LogP contribution is -2.27. The van der Waals surface area contributed by atoms with Gasteiger partial charge < -0.3 is 13.9 Å². The Labute approximate surface area is 151 Å². The molecule has 2 N–H and O–H groups in total. The van der Waals surface area contributed by atoms with E-state index < -0.39 is 5.91 Å². The fourth-order valence-corrected chi connectivity index (χ4v) is 2.00. The molecular formula is C18H20N4O4. The number of ether oxygens (including phenoxy) is 2. The number of oxazole rings is 1. The highest BCUT2D eigenvalue weighted by Gasteiger charge is 2.15. The van der Waals surface area contributed by atoms with Gasteiger partial charge in [0.15, 0.2) is 0 Å². The number of anilines is 1. The van der Waals surface area contributed by atoms with Gasteiger partial charge in [0.1, 0.15) is 17.6 Å². The molecular weight excluding hydrogens is 336 g/mol. The number of carbonyl (C=O) groups is 1. The van der Waals surface area contributed by atoms with Crippen molar-refractivity contribution in [2.45, 2.75) is 19.8 Å². The van der Waals surface area contributed by atoms with Crippen molar-refractivity contribution in [3.05, 3.63) is 41.4 Å². The van der Waals surface area contributed by atoms with Crippen LogP contribution < -0.4 is 20.3 Å². The fraction of sp³-hybridized carbons (Fsp3) is 0.278. The summed E-state index contributed by atoms with van der Waals surface area (Å²) in [5.41, 5.74) is 5.81. The number of aromatic nitrogens is 1. The molecule has 8 heteroatoms. The fourth-order valence-electron chi connectivity index (χ4n) is 2.00. The highest BCUT2D eigenvalue weighted by molar-refractivity contribution is 5.92. The zero-order chi connectivity index (χ0) is 19.1. The lowest BCUT2D eigenvalue weighted by molar-refractivity contribution is -0.116. The van der Waals surface area contributed by atoms with Crippen LogP contribution in [0.2, 0.25) is 0 Å². The molecule has 0 bridgehead atoms. The number of nitrogens with zero attached hydrogens (tertiary/aromatic N) is 2. The van der Waals surface area contributed by atoms with Gasteiger partial charge in [-0.2, -0.15) is 5.26 Å². The molecule has 0 aliphatic rings. The maximum atomic E-state index is 12.0. The molecule has 0 aliphatic carbocycles. The number of methoxy groups -OCH3 is 2. The standard InChI is InChI=1S/C18H20N4O4/c1-11(2)17-20-15(10-19)18(26-17)22-21-16(23)6-5-12-7-13(24-3)9-14(8-12)25-4/h5-9,11,22H,1-4H3,(H,21,23)/b6-5-. The van der Waals surface area contributed by atoms with Crippen molar-refractivity contribution in [2.75, 3.05) is 19.6 Å². The summed E-state index contributed by atoms with van der Waals surface area (Å²) < 4.78 is 15.8. The van der Waals surface area contributed by atoms with Crippen LogP contribution in [0.1, 0.15) is 36.9 Å². The third-order valence-corrected chi connectivity index (χ3v) is 3.34. The predicted molar refractivity (Wildman–Crippen MR) is 95.7 cm³/mol. The molecule has 0 spiro atoms. The lowest BCUT2D eigenvalue weighted by Gasteiger charge is -2.06. The van der Waals surface area contributed by atoms with E-state index in [0.29, 0.717) is 17.4 Å². The van der Waals surface area contributed by atoms with Crippen LogP contribution in [0.25, 0.3) is 6.08 Å². The third-order valence-electron chi connectivity index (χ3n) is 3.34. The first-order valence-electron chi connectivity index (χ1n) is 7.84. The van der Waals surface area contributed by atoms with Gasteiger partial charge in [-0.05, 0) is 23.8 Å². The Hall–Kier alpha value is -3.47. The van der Waals surface area contributed by atoms with E-state index in [0.717, 1.165) is 5.56 Å². The minimum Gasteiger partial charge on any atom is -0.497 e. The summed E-state index contributed by atoms with van der Waals surface area (Å²) >= 11 is 0. The van der Waals surface area contributed by atoms with Crippen molar-refractivity contribution in [3.63, 3.8) is 0 Å². The van der Waals surface area contributed by atoms with E-state index >= 15 is 0 Å². The van der Waals surface area contributed by atoms with Crippen LogP contribution in [0.4, 0.5) is 5.88 Å². The monoisotopic (exact) mass is 356 g/mol. The summed E-state index contributed by atoms with van der Waals surface area (Å²) in [6.45, 7) is 3.78. The van der Waals surface area contributed by atoms with Crippen LogP contribution in [-0.4, -0.2) is 25.1 Å². The molecule has 1 aromatic heterocycles. The minimum absolute atomic E-state index is 0.0243. The summed E-state index contributed by atoms with van der Waals surface area (Å²) in [4.78, 5) is 16.0. The van der Waals surface area contributed by atoms with Crippen molar-refractivity contribution in [1.82, 2.24) is 10.4 Å². The molecule has 0 aliphatic heterocycles. The number of nitrogens with one attached hydrogen (secondary N) is 2. The number of hydrazine groups is 1. The zero-order valence-corrected chi connectivity index (χ0v) is 15.0. The van der Waals surface area contributed by atoms with Crippen LogP contribution in [0.3, 0.4) is 0 Å². The quantitative estimate of drug-likeness (QED) is 0.580. The maximum Gasteiger partial charge on any atom is 0.262 e.